The van der Waals surface area contributed by atoms with Crippen molar-refractivity contribution in [3.63, 3.8) is 0 Å². The third-order valence-electron chi connectivity index (χ3n) is 11.5. The van der Waals surface area contributed by atoms with Crippen LogP contribution in [0.5, 0.6) is 0 Å². The molecule has 10 N–H and O–H groups in total. The highest BCUT2D eigenvalue weighted by Gasteiger charge is 2.28. The Bertz CT molecular complexity index is 2860. The first-order valence-corrected chi connectivity index (χ1v) is 23.5. The number of nitrogen functional groups attached to an aromatic ring is 1. The highest BCUT2D eigenvalue weighted by Crippen LogP contribution is 2.31. The number of nitrogens with zero attached hydrogens (tertiary/aromatic N) is 6. The normalized spacial score (nSPS) is 13.4. The number of nitrogens with two attached hydrogens (primary N) is 1. The van der Waals surface area contributed by atoms with Gasteiger partial charge in [0.1, 0.15) is 29.8 Å². The summed E-state index contributed by atoms with van der Waals surface area (Å²) in [6.45, 7) is 7.33. The number of benzene rings is 3. The van der Waals surface area contributed by atoms with Crippen LogP contribution < -0.4 is 37.6 Å². The van der Waals surface area contributed by atoms with Crippen LogP contribution in [-0.2, 0) is 35.3 Å². The molecule has 0 spiro atoms. The molecule has 7 amide bonds. The molecule has 378 valence electrons. The number of aromatic amines is 1. The van der Waals surface area contributed by atoms with E-state index in [2.05, 4.69) is 62.5 Å². The molecule has 3 heterocycles. The molecule has 0 aliphatic carbocycles. The SMILES string of the molecule is Cc1nc(N)c2c(Cl)c(CNc3ccc(C(=O)N[C@@H](CCCNC(=O)c4ccc(NC(=O)[C@H](C)NC(=O)[C@@H](NC(=O)CCCCCN5C(=O)C=CC5=O)C(C)C)cc4-c4nn[nH]n4)C(=O)O)cc3)ccc2n1. The smallest absolute Gasteiger partial charge is 0.326 e. The summed E-state index contributed by atoms with van der Waals surface area (Å²) in [6, 6.07) is 11.2. The number of carboxylic acid groups (broad SMARTS) is 1. The minimum absolute atomic E-state index is 0.0164. The lowest BCUT2D eigenvalue weighted by molar-refractivity contribution is -0.139. The molecular formula is C48H55ClN14O9. The predicted molar refractivity (Wildman–Crippen MR) is 265 cm³/mol. The van der Waals surface area contributed by atoms with E-state index in [9.17, 15) is 43.5 Å². The van der Waals surface area contributed by atoms with E-state index in [1.54, 1.807) is 45.0 Å². The molecule has 0 radical (unpaired) electrons. The third kappa shape index (κ3) is 13.9. The number of tetrazole rings is 1. The lowest BCUT2D eigenvalue weighted by Gasteiger charge is -2.24. The van der Waals surface area contributed by atoms with Crippen molar-refractivity contribution < 1.29 is 43.5 Å². The number of aryl methyl sites for hydroxylation is 1. The van der Waals surface area contributed by atoms with Crippen LogP contribution in [0.15, 0.2) is 66.7 Å². The Balaban J connectivity index is 0.958. The average Bonchev–Trinajstić information content (AvgIpc) is 4.00. The number of aromatic nitrogens is 6. The molecule has 5 aromatic rings. The Morgan fingerprint density at radius 1 is 0.833 bits per heavy atom. The molecule has 0 fully saturated rings. The quantitative estimate of drug-likeness (QED) is 0.0316. The number of rotatable bonds is 24. The molecule has 6 rings (SSSR count). The summed E-state index contributed by atoms with van der Waals surface area (Å²) < 4.78 is 0. The highest BCUT2D eigenvalue weighted by molar-refractivity contribution is 6.37. The van der Waals surface area contributed by atoms with Crippen LogP contribution in [0.2, 0.25) is 5.02 Å². The summed E-state index contributed by atoms with van der Waals surface area (Å²) in [7, 11) is 0. The molecule has 1 aliphatic heterocycles. The minimum Gasteiger partial charge on any atom is -0.480 e. The molecule has 0 unspecified atom stereocenters. The Kier molecular flexibility index (Phi) is 18.0. The summed E-state index contributed by atoms with van der Waals surface area (Å²) in [4.78, 5) is 111. The second kappa shape index (κ2) is 24.5. The van der Waals surface area contributed by atoms with Crippen molar-refractivity contribution in [2.75, 3.05) is 29.5 Å². The Labute approximate surface area is 417 Å². The zero-order chi connectivity index (χ0) is 52.1. The van der Waals surface area contributed by atoms with Crippen LogP contribution in [0, 0.1) is 12.8 Å². The summed E-state index contributed by atoms with van der Waals surface area (Å²) in [5.74, 6) is -4.18. The van der Waals surface area contributed by atoms with Crippen LogP contribution >= 0.6 is 11.6 Å². The maximum Gasteiger partial charge on any atom is 0.326 e. The van der Waals surface area contributed by atoms with Crippen LogP contribution in [0.4, 0.5) is 17.2 Å². The maximum absolute atomic E-state index is 13.5. The number of imide groups is 1. The number of H-pyrrole nitrogens is 1. The molecule has 72 heavy (non-hydrogen) atoms. The van der Waals surface area contributed by atoms with Gasteiger partial charge in [0.25, 0.3) is 23.6 Å². The van der Waals surface area contributed by atoms with Crippen molar-refractivity contribution in [3.8, 4) is 11.4 Å². The van der Waals surface area contributed by atoms with E-state index in [4.69, 9.17) is 17.3 Å². The molecule has 3 atom stereocenters. The van der Waals surface area contributed by atoms with Gasteiger partial charge in [-0.25, -0.2) is 14.8 Å². The van der Waals surface area contributed by atoms with Gasteiger partial charge in [-0.1, -0.05) is 37.9 Å². The summed E-state index contributed by atoms with van der Waals surface area (Å²) in [6.07, 6.45) is 4.28. The second-order valence-corrected chi connectivity index (χ2v) is 17.6. The monoisotopic (exact) mass is 1010 g/mol. The number of hydrogen-bond donors (Lipinski definition) is 9. The first-order valence-electron chi connectivity index (χ1n) is 23.1. The van der Waals surface area contributed by atoms with Crippen LogP contribution in [0.25, 0.3) is 22.3 Å². The molecule has 3 aromatic carbocycles. The molecule has 0 bridgehead atoms. The van der Waals surface area contributed by atoms with Gasteiger partial charge in [0.15, 0.2) is 0 Å². The average molecular weight is 1010 g/mol. The zero-order valence-electron chi connectivity index (χ0n) is 39.9. The van der Waals surface area contributed by atoms with Crippen LogP contribution in [0.1, 0.15) is 91.4 Å². The van der Waals surface area contributed by atoms with Crippen molar-refractivity contribution in [1.29, 1.82) is 0 Å². The summed E-state index contributed by atoms with van der Waals surface area (Å²) in [5, 5.41) is 41.4. The molecule has 23 nitrogen and oxygen atoms in total. The number of halogens is 1. The maximum atomic E-state index is 13.5. The number of hydrogen-bond acceptors (Lipinski definition) is 15. The number of nitrogens with one attached hydrogen (secondary N) is 7. The topological polar surface area (TPSA) is 338 Å². The number of anilines is 3. The molecule has 24 heteroatoms. The fourth-order valence-corrected chi connectivity index (χ4v) is 7.94. The van der Waals surface area contributed by atoms with E-state index < -0.39 is 47.7 Å². The van der Waals surface area contributed by atoms with Gasteiger partial charge >= 0.3 is 5.97 Å². The van der Waals surface area contributed by atoms with Crippen molar-refractivity contribution in [1.82, 2.24) is 56.8 Å². The molecule has 2 aromatic heterocycles. The third-order valence-corrected chi connectivity index (χ3v) is 12.0. The lowest BCUT2D eigenvalue weighted by atomic mass is 10.0. The van der Waals surface area contributed by atoms with E-state index in [-0.39, 0.29) is 90.0 Å². The van der Waals surface area contributed by atoms with Gasteiger partial charge < -0.3 is 42.7 Å². The predicted octanol–water partition coefficient (Wildman–Crippen LogP) is 3.43. The van der Waals surface area contributed by atoms with Crippen LogP contribution in [0.3, 0.4) is 0 Å². The van der Waals surface area contributed by atoms with Gasteiger partial charge in [-0.05, 0) is 105 Å². The van der Waals surface area contributed by atoms with Gasteiger partial charge in [0, 0.05) is 60.7 Å². The number of carbonyl (C=O) groups excluding carboxylic acids is 7. The fourth-order valence-electron chi connectivity index (χ4n) is 7.62. The van der Waals surface area contributed by atoms with Crippen molar-refractivity contribution in [3.05, 3.63) is 94.3 Å². The van der Waals surface area contributed by atoms with Gasteiger partial charge in [-0.3, -0.25) is 38.5 Å². The van der Waals surface area contributed by atoms with Crippen LogP contribution in [-0.4, -0.2) is 119 Å². The van der Waals surface area contributed by atoms with Gasteiger partial charge in [0.2, 0.25) is 23.5 Å². The van der Waals surface area contributed by atoms with Crippen molar-refractivity contribution in [2.45, 2.75) is 90.9 Å². The summed E-state index contributed by atoms with van der Waals surface area (Å²) in [5.41, 5.74) is 8.92. The number of aliphatic carboxylic acids is 1. The lowest BCUT2D eigenvalue weighted by Crippen LogP contribution is -2.53. The number of carbonyl (C=O) groups is 8. The fraction of sp³-hybridized carbons (Fsp3) is 0.354. The number of fused-ring (bicyclic) bond motifs is 1. The van der Waals surface area contributed by atoms with E-state index in [0.29, 0.717) is 53.2 Å². The largest absolute Gasteiger partial charge is 0.480 e. The number of amides is 7. The highest BCUT2D eigenvalue weighted by atomic mass is 35.5. The van der Waals surface area contributed by atoms with Crippen molar-refractivity contribution in [2.24, 2.45) is 5.92 Å². The molecule has 0 saturated carbocycles. The first-order chi connectivity index (χ1) is 34.4. The number of unbranched alkanes of at least 4 members (excludes halogenated alkanes) is 2. The van der Waals surface area contributed by atoms with Gasteiger partial charge in [-0.2, -0.15) is 5.21 Å². The van der Waals surface area contributed by atoms with E-state index >= 15 is 0 Å². The Morgan fingerprint density at radius 3 is 2.24 bits per heavy atom. The Morgan fingerprint density at radius 2 is 1.56 bits per heavy atom. The second-order valence-electron chi connectivity index (χ2n) is 17.3. The standard InChI is InChI=1S/C48H55ClN14O9/c1-25(2)41(58-36(64)10-6-5-7-22-63-37(65)19-20-38(63)66)47(70)53-26(3)44(67)56-31-16-17-32(33(23-31)43-59-61-62-60-43)46(69)51-21-8-9-35(48(71)72)57-45(68)28-11-14-30(15-12-28)52-24-29-13-18-34-39(40(29)49)42(50)55-27(4)54-34/h11-20,23,25-26,35,41,52H,5-10,21-22,24H2,1-4H3,(H,51,69)(H,53,70)(H,56,67)(H,57,68)(H,58,64)(H,71,72)(H2,50,54,55)(H,59,60,61,62)/t26-,35-,41-/m0/s1. The van der Waals surface area contributed by atoms with E-state index in [0.717, 1.165) is 10.5 Å². The van der Waals surface area contributed by atoms with Crippen molar-refractivity contribution >= 4 is 87.0 Å². The molecule has 0 saturated heterocycles. The minimum atomic E-state index is -1.27. The summed E-state index contributed by atoms with van der Waals surface area (Å²) >= 11 is 6.64. The first kappa shape index (κ1) is 53.0. The molecule has 1 aliphatic rings. The zero-order valence-corrected chi connectivity index (χ0v) is 40.6. The molecular weight excluding hydrogens is 952 g/mol. The van der Waals surface area contributed by atoms with Gasteiger partial charge in [-0.15, -0.1) is 10.2 Å². The Hall–Kier alpha value is -8.34. The van der Waals surface area contributed by atoms with E-state index in [1.165, 1.54) is 37.3 Å². The van der Waals surface area contributed by atoms with E-state index in [1.807, 2.05) is 12.1 Å². The van der Waals surface area contributed by atoms with Gasteiger partial charge in [0.05, 0.1) is 21.5 Å². The number of carboxylic acids is 1.